The molecule has 1 heterocycles. The molecule has 6 heteroatoms. The quantitative estimate of drug-likeness (QED) is 0.758. The summed E-state index contributed by atoms with van der Waals surface area (Å²) in [5.74, 6) is 1.12. The topological polar surface area (TPSA) is 90.9 Å². The number of carbonyl (C=O) groups is 1. The van der Waals surface area contributed by atoms with Crippen LogP contribution in [-0.4, -0.2) is 31.8 Å². The molecule has 1 aromatic carbocycles. The molecule has 22 heavy (non-hydrogen) atoms. The Hall–Kier alpha value is -2.21. The number of aromatic nitrogens is 3. The highest BCUT2D eigenvalue weighted by molar-refractivity contribution is 5.94. The van der Waals surface area contributed by atoms with Crippen molar-refractivity contribution in [3.63, 3.8) is 0 Å². The fourth-order valence-corrected chi connectivity index (χ4v) is 2.05. The van der Waals surface area contributed by atoms with Gasteiger partial charge < -0.3 is 10.4 Å². The molecule has 0 aliphatic rings. The van der Waals surface area contributed by atoms with Crippen molar-refractivity contribution in [3.05, 3.63) is 47.0 Å². The van der Waals surface area contributed by atoms with E-state index in [0.29, 0.717) is 17.8 Å². The molecular weight excluding hydrogens is 280 g/mol. The Morgan fingerprint density at radius 2 is 2.18 bits per heavy atom. The molecule has 6 nitrogen and oxygen atoms in total. The number of H-pyrrole nitrogens is 1. The van der Waals surface area contributed by atoms with Crippen molar-refractivity contribution in [1.82, 2.24) is 20.5 Å². The van der Waals surface area contributed by atoms with Crippen LogP contribution >= 0.6 is 0 Å². The lowest BCUT2D eigenvalue weighted by atomic mass is 9.98. The van der Waals surface area contributed by atoms with Gasteiger partial charge in [-0.05, 0) is 51.3 Å². The van der Waals surface area contributed by atoms with Crippen LogP contribution < -0.4 is 5.32 Å². The minimum atomic E-state index is -0.707. The van der Waals surface area contributed by atoms with E-state index in [1.807, 2.05) is 25.1 Å². The molecule has 0 bridgehead atoms. The summed E-state index contributed by atoms with van der Waals surface area (Å²) in [7, 11) is 0. The highest BCUT2D eigenvalue weighted by Crippen LogP contribution is 2.14. The van der Waals surface area contributed by atoms with Gasteiger partial charge in [-0.15, -0.1) is 0 Å². The van der Waals surface area contributed by atoms with Crippen molar-refractivity contribution < 1.29 is 9.90 Å². The van der Waals surface area contributed by atoms with Crippen molar-refractivity contribution in [2.75, 3.05) is 0 Å². The Morgan fingerprint density at radius 1 is 1.41 bits per heavy atom. The maximum absolute atomic E-state index is 12.2. The highest BCUT2D eigenvalue weighted by atomic mass is 16.3. The predicted molar refractivity (Wildman–Crippen MR) is 83.4 cm³/mol. The van der Waals surface area contributed by atoms with Gasteiger partial charge in [0.05, 0.1) is 12.1 Å². The number of nitrogens with one attached hydrogen (secondary N) is 2. The Labute approximate surface area is 130 Å². The molecular formula is C16H22N4O2. The molecule has 118 valence electrons. The summed E-state index contributed by atoms with van der Waals surface area (Å²) in [4.78, 5) is 16.3. The molecule has 0 spiro atoms. The van der Waals surface area contributed by atoms with Gasteiger partial charge in [0.2, 0.25) is 0 Å². The first-order valence-electron chi connectivity index (χ1n) is 7.31. The molecule has 0 atom stereocenters. The summed E-state index contributed by atoms with van der Waals surface area (Å²) in [5.41, 5.74) is 0.922. The molecule has 0 aliphatic carbocycles. The van der Waals surface area contributed by atoms with Crippen LogP contribution in [0.25, 0.3) is 0 Å². The minimum absolute atomic E-state index is 0.160. The summed E-state index contributed by atoms with van der Waals surface area (Å²) in [6, 6.07) is 7.43. The molecule has 2 rings (SSSR count). The molecule has 0 saturated carbocycles. The van der Waals surface area contributed by atoms with E-state index >= 15 is 0 Å². The van der Waals surface area contributed by atoms with Crippen LogP contribution in [0.4, 0.5) is 0 Å². The van der Waals surface area contributed by atoms with Gasteiger partial charge in [0.1, 0.15) is 5.82 Å². The molecule has 2 aromatic rings. The van der Waals surface area contributed by atoms with Crippen LogP contribution in [0.1, 0.15) is 47.8 Å². The number of hydrogen-bond acceptors (Lipinski definition) is 4. The highest BCUT2D eigenvalue weighted by Gasteiger charge is 2.13. The van der Waals surface area contributed by atoms with E-state index < -0.39 is 5.60 Å². The SMILES string of the molecule is Cc1nc(CNC(=O)c2cccc(CCC(C)(C)O)c2)n[nH]1. The summed E-state index contributed by atoms with van der Waals surface area (Å²) in [6.07, 6.45) is 1.37. The van der Waals surface area contributed by atoms with Crippen LogP contribution in [0.15, 0.2) is 24.3 Å². The van der Waals surface area contributed by atoms with Gasteiger partial charge in [0.15, 0.2) is 5.82 Å². The van der Waals surface area contributed by atoms with Gasteiger partial charge in [0.25, 0.3) is 5.91 Å². The maximum atomic E-state index is 12.2. The third kappa shape index (κ3) is 4.96. The van der Waals surface area contributed by atoms with Crippen LogP contribution in [0.5, 0.6) is 0 Å². The normalized spacial score (nSPS) is 11.5. The number of nitrogens with zero attached hydrogens (tertiary/aromatic N) is 2. The maximum Gasteiger partial charge on any atom is 0.251 e. The predicted octanol–water partition coefficient (Wildman–Crippen LogP) is 1.75. The van der Waals surface area contributed by atoms with E-state index in [1.54, 1.807) is 19.9 Å². The zero-order chi connectivity index (χ0) is 16.2. The largest absolute Gasteiger partial charge is 0.390 e. The summed E-state index contributed by atoms with van der Waals surface area (Å²) < 4.78 is 0. The van der Waals surface area contributed by atoms with Gasteiger partial charge in [-0.2, -0.15) is 5.10 Å². The number of aryl methyl sites for hydroxylation is 2. The second-order valence-electron chi connectivity index (χ2n) is 6.03. The van der Waals surface area contributed by atoms with E-state index in [-0.39, 0.29) is 12.5 Å². The van der Waals surface area contributed by atoms with E-state index in [4.69, 9.17) is 0 Å². The zero-order valence-electron chi connectivity index (χ0n) is 13.2. The van der Waals surface area contributed by atoms with E-state index in [9.17, 15) is 9.90 Å². The van der Waals surface area contributed by atoms with Gasteiger partial charge in [-0.1, -0.05) is 12.1 Å². The van der Waals surface area contributed by atoms with E-state index in [0.717, 1.165) is 17.8 Å². The minimum Gasteiger partial charge on any atom is -0.390 e. The first-order valence-corrected chi connectivity index (χ1v) is 7.31. The van der Waals surface area contributed by atoms with E-state index in [1.165, 1.54) is 0 Å². The van der Waals surface area contributed by atoms with Crippen LogP contribution in [0.3, 0.4) is 0 Å². The molecule has 3 N–H and O–H groups in total. The fraction of sp³-hybridized carbons (Fsp3) is 0.438. The van der Waals surface area contributed by atoms with Crippen molar-refractivity contribution in [1.29, 1.82) is 0 Å². The van der Waals surface area contributed by atoms with Crippen molar-refractivity contribution in [2.24, 2.45) is 0 Å². The standard InChI is InChI=1S/C16H22N4O2/c1-11-18-14(20-19-11)10-17-15(21)13-6-4-5-12(9-13)7-8-16(2,3)22/h4-6,9,22H,7-8,10H2,1-3H3,(H,17,21)(H,18,19,20). The molecule has 0 aliphatic heterocycles. The average Bonchev–Trinajstić information content (AvgIpc) is 2.88. The second-order valence-corrected chi connectivity index (χ2v) is 6.03. The summed E-state index contributed by atoms with van der Waals surface area (Å²) in [6.45, 7) is 5.66. The van der Waals surface area contributed by atoms with Crippen molar-refractivity contribution in [3.8, 4) is 0 Å². The first kappa shape index (κ1) is 16.2. The number of aliphatic hydroxyl groups is 1. The Morgan fingerprint density at radius 3 is 2.82 bits per heavy atom. The molecule has 0 radical (unpaired) electrons. The van der Waals surface area contributed by atoms with Crippen molar-refractivity contribution in [2.45, 2.75) is 45.8 Å². The average molecular weight is 302 g/mol. The number of hydrogen-bond donors (Lipinski definition) is 3. The molecule has 1 amide bonds. The van der Waals surface area contributed by atoms with Gasteiger partial charge >= 0.3 is 0 Å². The Balaban J connectivity index is 1.94. The summed E-state index contributed by atoms with van der Waals surface area (Å²) in [5, 5.41) is 19.3. The lowest BCUT2D eigenvalue weighted by Gasteiger charge is -2.16. The third-order valence-electron chi connectivity index (χ3n) is 3.27. The second kappa shape index (κ2) is 6.70. The number of amides is 1. The third-order valence-corrected chi connectivity index (χ3v) is 3.27. The fourth-order valence-electron chi connectivity index (χ4n) is 2.05. The number of benzene rings is 1. The number of aromatic amines is 1. The van der Waals surface area contributed by atoms with Gasteiger partial charge in [-0.3, -0.25) is 9.89 Å². The molecule has 0 fully saturated rings. The smallest absolute Gasteiger partial charge is 0.251 e. The zero-order valence-corrected chi connectivity index (χ0v) is 13.2. The lowest BCUT2D eigenvalue weighted by molar-refractivity contribution is 0.0714. The Kier molecular flexibility index (Phi) is 4.92. The molecule has 0 saturated heterocycles. The van der Waals surface area contributed by atoms with E-state index in [2.05, 4.69) is 20.5 Å². The first-order chi connectivity index (χ1) is 10.3. The Bertz CT molecular complexity index is 644. The van der Waals surface area contributed by atoms with Gasteiger partial charge in [-0.25, -0.2) is 4.98 Å². The number of carbonyl (C=O) groups excluding carboxylic acids is 1. The molecule has 0 unspecified atom stereocenters. The summed E-state index contributed by atoms with van der Waals surface area (Å²) >= 11 is 0. The lowest BCUT2D eigenvalue weighted by Crippen LogP contribution is -2.23. The van der Waals surface area contributed by atoms with Crippen LogP contribution in [0, 0.1) is 6.92 Å². The van der Waals surface area contributed by atoms with Crippen molar-refractivity contribution >= 4 is 5.91 Å². The molecule has 1 aromatic heterocycles. The van der Waals surface area contributed by atoms with Crippen LogP contribution in [-0.2, 0) is 13.0 Å². The van der Waals surface area contributed by atoms with Gasteiger partial charge in [0, 0.05) is 5.56 Å². The number of rotatable bonds is 6. The van der Waals surface area contributed by atoms with Crippen LogP contribution in [0.2, 0.25) is 0 Å². The monoisotopic (exact) mass is 302 g/mol.